The van der Waals surface area contributed by atoms with Crippen LogP contribution in [-0.4, -0.2) is 16.8 Å². The van der Waals surface area contributed by atoms with Gasteiger partial charge in [-0.25, -0.2) is 21.2 Å². The zero-order valence-corrected chi connectivity index (χ0v) is 17.3. The van der Waals surface area contributed by atoms with Crippen LogP contribution in [0, 0.1) is 19.7 Å². The topological polar surface area (TPSA) is 92.3 Å². The summed E-state index contributed by atoms with van der Waals surface area (Å²) in [6.45, 7) is 3.49. The van der Waals surface area contributed by atoms with E-state index in [0.29, 0.717) is 11.3 Å². The van der Waals surface area contributed by atoms with Crippen molar-refractivity contribution >= 4 is 31.4 Å². The van der Waals surface area contributed by atoms with Crippen LogP contribution >= 0.6 is 0 Å². The number of halogens is 1. The van der Waals surface area contributed by atoms with Crippen LogP contribution in [0.3, 0.4) is 0 Å². The zero-order chi connectivity index (χ0) is 21.2. The van der Waals surface area contributed by atoms with E-state index in [1.165, 1.54) is 18.2 Å². The summed E-state index contributed by atoms with van der Waals surface area (Å²) in [5, 5.41) is 0. The summed E-state index contributed by atoms with van der Waals surface area (Å²) in [6.07, 6.45) is 0. The first-order valence-electron chi connectivity index (χ1n) is 8.55. The summed E-state index contributed by atoms with van der Waals surface area (Å²) < 4.78 is 68.5. The predicted molar refractivity (Wildman–Crippen MR) is 110 cm³/mol. The van der Waals surface area contributed by atoms with Crippen molar-refractivity contribution in [1.82, 2.24) is 0 Å². The molecular formula is C20H19FN2O4S2. The van der Waals surface area contributed by atoms with Gasteiger partial charge in [0.25, 0.3) is 20.0 Å². The van der Waals surface area contributed by atoms with Gasteiger partial charge >= 0.3 is 0 Å². The highest BCUT2D eigenvalue weighted by Crippen LogP contribution is 2.25. The molecule has 29 heavy (non-hydrogen) atoms. The predicted octanol–water partition coefficient (Wildman–Crippen LogP) is 4.04. The molecule has 9 heteroatoms. The third kappa shape index (κ3) is 4.93. The maximum atomic E-state index is 13.1. The summed E-state index contributed by atoms with van der Waals surface area (Å²) >= 11 is 0. The van der Waals surface area contributed by atoms with Gasteiger partial charge in [0.15, 0.2) is 0 Å². The molecule has 0 saturated heterocycles. The van der Waals surface area contributed by atoms with Crippen molar-refractivity contribution in [2.24, 2.45) is 0 Å². The van der Waals surface area contributed by atoms with Gasteiger partial charge in [0, 0.05) is 5.69 Å². The van der Waals surface area contributed by atoms with Gasteiger partial charge in [0.2, 0.25) is 0 Å². The van der Waals surface area contributed by atoms with Crippen LogP contribution < -0.4 is 9.44 Å². The van der Waals surface area contributed by atoms with Gasteiger partial charge in [-0.05, 0) is 73.5 Å². The van der Waals surface area contributed by atoms with Crippen molar-refractivity contribution < 1.29 is 21.2 Å². The second-order valence-corrected chi connectivity index (χ2v) is 9.88. The molecular weight excluding hydrogens is 415 g/mol. The number of nitrogens with one attached hydrogen (secondary N) is 2. The van der Waals surface area contributed by atoms with Gasteiger partial charge in [-0.1, -0.05) is 18.2 Å². The molecule has 0 amide bonds. The Kier molecular flexibility index (Phi) is 5.63. The second kappa shape index (κ2) is 7.84. The van der Waals surface area contributed by atoms with E-state index >= 15 is 0 Å². The largest absolute Gasteiger partial charge is 0.280 e. The van der Waals surface area contributed by atoms with Crippen LogP contribution in [0.1, 0.15) is 11.1 Å². The number of hydrogen-bond donors (Lipinski definition) is 2. The molecule has 0 aliphatic heterocycles. The van der Waals surface area contributed by atoms with Gasteiger partial charge in [0.05, 0.1) is 15.5 Å². The molecule has 0 spiro atoms. The lowest BCUT2D eigenvalue weighted by Crippen LogP contribution is -2.16. The Balaban J connectivity index is 1.92. The summed E-state index contributed by atoms with van der Waals surface area (Å²) in [7, 11) is -7.94. The number of hydrogen-bond acceptors (Lipinski definition) is 4. The van der Waals surface area contributed by atoms with Gasteiger partial charge in [0.1, 0.15) is 5.82 Å². The van der Waals surface area contributed by atoms with Crippen molar-refractivity contribution in [3.8, 4) is 0 Å². The lowest BCUT2D eigenvalue weighted by atomic mass is 10.2. The SMILES string of the molecule is Cc1cccc(NS(=O)(=O)c2ccc(C)c(NS(=O)(=O)c3ccc(F)cc3)c2)c1. The molecule has 0 fully saturated rings. The fourth-order valence-corrected chi connectivity index (χ4v) is 4.82. The van der Waals surface area contributed by atoms with Crippen molar-refractivity contribution in [2.45, 2.75) is 23.6 Å². The van der Waals surface area contributed by atoms with E-state index in [1.54, 1.807) is 25.1 Å². The molecule has 0 bridgehead atoms. The minimum absolute atomic E-state index is 0.0959. The van der Waals surface area contributed by atoms with E-state index in [0.717, 1.165) is 29.8 Å². The molecule has 0 saturated carbocycles. The van der Waals surface area contributed by atoms with Crippen molar-refractivity contribution in [1.29, 1.82) is 0 Å². The molecule has 3 rings (SSSR count). The molecule has 3 aromatic rings. The number of rotatable bonds is 6. The van der Waals surface area contributed by atoms with E-state index in [1.807, 2.05) is 13.0 Å². The highest BCUT2D eigenvalue weighted by Gasteiger charge is 2.19. The molecule has 152 valence electrons. The Morgan fingerprint density at radius 1 is 0.724 bits per heavy atom. The van der Waals surface area contributed by atoms with E-state index in [-0.39, 0.29) is 15.5 Å². The van der Waals surface area contributed by atoms with Crippen LogP contribution in [0.5, 0.6) is 0 Å². The maximum absolute atomic E-state index is 13.1. The molecule has 0 aromatic heterocycles. The quantitative estimate of drug-likeness (QED) is 0.612. The number of aryl methyl sites for hydroxylation is 2. The van der Waals surface area contributed by atoms with Crippen LogP contribution in [0.15, 0.2) is 76.5 Å². The smallest absolute Gasteiger partial charge is 0.261 e. The second-order valence-electron chi connectivity index (χ2n) is 6.51. The first-order valence-corrected chi connectivity index (χ1v) is 11.5. The number of anilines is 2. The number of sulfonamides is 2. The van der Waals surface area contributed by atoms with Crippen LogP contribution in [-0.2, 0) is 20.0 Å². The van der Waals surface area contributed by atoms with E-state index in [9.17, 15) is 21.2 Å². The highest BCUT2D eigenvalue weighted by molar-refractivity contribution is 7.93. The van der Waals surface area contributed by atoms with E-state index in [4.69, 9.17) is 0 Å². The zero-order valence-electron chi connectivity index (χ0n) is 15.7. The lowest BCUT2D eigenvalue weighted by Gasteiger charge is -2.14. The molecule has 0 heterocycles. The van der Waals surface area contributed by atoms with Gasteiger partial charge in [-0.2, -0.15) is 0 Å². The van der Waals surface area contributed by atoms with Gasteiger partial charge in [-0.3, -0.25) is 9.44 Å². The summed E-state index contributed by atoms with van der Waals surface area (Å²) in [6, 6.07) is 15.4. The molecule has 6 nitrogen and oxygen atoms in total. The minimum atomic E-state index is -4.01. The van der Waals surface area contributed by atoms with Crippen LogP contribution in [0.4, 0.5) is 15.8 Å². The van der Waals surface area contributed by atoms with Crippen molar-refractivity contribution in [3.05, 3.63) is 83.7 Å². The Labute approximate surface area is 169 Å². The molecule has 2 N–H and O–H groups in total. The molecule has 0 aliphatic rings. The Bertz CT molecular complexity index is 1260. The Morgan fingerprint density at radius 3 is 2.00 bits per heavy atom. The first-order chi connectivity index (χ1) is 13.6. The first kappa shape index (κ1) is 20.8. The highest BCUT2D eigenvalue weighted by atomic mass is 32.2. The lowest BCUT2D eigenvalue weighted by molar-refractivity contribution is 0.597. The van der Waals surface area contributed by atoms with Crippen LogP contribution in [0.2, 0.25) is 0 Å². The molecule has 0 atom stereocenters. The Morgan fingerprint density at radius 2 is 1.34 bits per heavy atom. The normalized spacial score (nSPS) is 11.8. The average molecular weight is 435 g/mol. The standard InChI is InChI=1S/C20H19FN2O4S2/c1-14-4-3-5-17(12-14)22-29(26,27)19-9-6-15(2)20(13-19)23-28(24,25)18-10-7-16(21)8-11-18/h3-13,22-23H,1-2H3. The minimum Gasteiger partial charge on any atom is -0.280 e. The molecule has 0 aliphatic carbocycles. The fraction of sp³-hybridized carbons (Fsp3) is 0.100. The monoisotopic (exact) mass is 434 g/mol. The fourth-order valence-electron chi connectivity index (χ4n) is 2.62. The molecule has 0 unspecified atom stereocenters. The van der Waals surface area contributed by atoms with E-state index in [2.05, 4.69) is 9.44 Å². The molecule has 3 aromatic carbocycles. The summed E-state index contributed by atoms with van der Waals surface area (Å²) in [5.41, 5.74) is 1.94. The third-order valence-corrected chi connectivity index (χ3v) is 6.92. The summed E-state index contributed by atoms with van der Waals surface area (Å²) in [4.78, 5) is -0.231. The Hall–Kier alpha value is -2.91. The van der Waals surface area contributed by atoms with Crippen LogP contribution in [0.25, 0.3) is 0 Å². The summed E-state index contributed by atoms with van der Waals surface area (Å²) in [5.74, 6) is -0.560. The maximum Gasteiger partial charge on any atom is 0.261 e. The average Bonchev–Trinajstić information content (AvgIpc) is 2.63. The van der Waals surface area contributed by atoms with Gasteiger partial charge in [-0.15, -0.1) is 0 Å². The number of benzene rings is 3. The van der Waals surface area contributed by atoms with Crippen molar-refractivity contribution in [2.75, 3.05) is 9.44 Å². The van der Waals surface area contributed by atoms with Gasteiger partial charge < -0.3 is 0 Å². The molecule has 0 radical (unpaired) electrons. The third-order valence-electron chi connectivity index (χ3n) is 4.16. The van der Waals surface area contributed by atoms with E-state index < -0.39 is 25.9 Å². The van der Waals surface area contributed by atoms with Crippen molar-refractivity contribution in [3.63, 3.8) is 0 Å².